The first-order valence-electron chi connectivity index (χ1n) is 7.90. The van der Waals surface area contributed by atoms with Crippen molar-refractivity contribution in [1.29, 1.82) is 0 Å². The molecule has 0 aromatic heterocycles. The van der Waals surface area contributed by atoms with E-state index < -0.39 is 34.0 Å². The molecule has 3 amide bonds. The van der Waals surface area contributed by atoms with Crippen molar-refractivity contribution in [3.8, 4) is 0 Å². The molecule has 0 heterocycles. The van der Waals surface area contributed by atoms with Crippen LogP contribution >= 0.6 is 11.6 Å². The summed E-state index contributed by atoms with van der Waals surface area (Å²) in [6, 6.07) is 2.65. The fraction of sp³-hybridized carbons (Fsp3) is 0.438. The second kappa shape index (κ2) is 9.16. The highest BCUT2D eigenvalue weighted by Gasteiger charge is 2.25. The van der Waals surface area contributed by atoms with Gasteiger partial charge in [-0.05, 0) is 39.0 Å². The molecule has 0 aliphatic heterocycles. The molecule has 1 unspecified atom stereocenters. The van der Waals surface area contributed by atoms with Crippen molar-refractivity contribution in [1.82, 2.24) is 14.9 Å². The summed E-state index contributed by atoms with van der Waals surface area (Å²) in [5.74, 6) is -1.84. The topological polar surface area (TPSA) is 122 Å². The normalized spacial score (nSPS) is 12.6. The fourth-order valence-corrected chi connectivity index (χ4v) is 2.94. The number of imide groups is 1. The number of hydrogen-bond acceptors (Lipinski definition) is 6. The minimum absolute atomic E-state index is 0.0390. The van der Waals surface area contributed by atoms with Crippen LogP contribution in [0.25, 0.3) is 0 Å². The van der Waals surface area contributed by atoms with Crippen LogP contribution in [-0.4, -0.2) is 56.9 Å². The highest BCUT2D eigenvalue weighted by Crippen LogP contribution is 2.23. The monoisotopic (exact) mass is 419 g/mol. The van der Waals surface area contributed by atoms with Crippen LogP contribution in [0.3, 0.4) is 0 Å². The highest BCUT2D eigenvalue weighted by molar-refractivity contribution is 7.89. The lowest BCUT2D eigenvalue weighted by molar-refractivity contribution is -0.127. The summed E-state index contributed by atoms with van der Waals surface area (Å²) in [6.07, 6.45) is -1.31. The lowest BCUT2D eigenvalue weighted by Gasteiger charge is -2.16. The fourth-order valence-electron chi connectivity index (χ4n) is 1.82. The standard InChI is InChI=1S/C16H22ClN3O6S/c1-9(2)18-16(23)19-14(21)10(3)26-15(22)12-8-11(6-7-13(12)17)27(24,25)20(4)5/h6-10H,1-5H3,(H2,18,19,21,23). The molecular weight excluding hydrogens is 398 g/mol. The Morgan fingerprint density at radius 1 is 1.15 bits per heavy atom. The molecule has 0 radical (unpaired) electrons. The van der Waals surface area contributed by atoms with Crippen LogP contribution in [0.15, 0.2) is 23.1 Å². The molecule has 0 aliphatic rings. The second-order valence-electron chi connectivity index (χ2n) is 6.09. The zero-order chi connectivity index (χ0) is 20.9. The number of amides is 3. The van der Waals surface area contributed by atoms with Crippen LogP contribution in [-0.2, 0) is 19.6 Å². The Morgan fingerprint density at radius 3 is 2.26 bits per heavy atom. The molecular formula is C16H22ClN3O6S. The third kappa shape index (κ3) is 6.19. The van der Waals surface area contributed by atoms with E-state index in [1.165, 1.54) is 33.2 Å². The Kier molecular flexibility index (Phi) is 7.76. The molecule has 9 nitrogen and oxygen atoms in total. The van der Waals surface area contributed by atoms with Crippen LogP contribution in [0.2, 0.25) is 5.02 Å². The first-order valence-corrected chi connectivity index (χ1v) is 9.72. The van der Waals surface area contributed by atoms with Crippen molar-refractivity contribution >= 4 is 39.5 Å². The predicted octanol–water partition coefficient (Wildman–Crippen LogP) is 1.37. The summed E-state index contributed by atoms with van der Waals surface area (Å²) in [7, 11) is -1.10. The molecule has 2 N–H and O–H groups in total. The van der Waals surface area contributed by atoms with Crippen molar-refractivity contribution in [3.63, 3.8) is 0 Å². The molecule has 1 rings (SSSR count). The number of hydrogen-bond donors (Lipinski definition) is 2. The van der Waals surface area contributed by atoms with Gasteiger partial charge in [-0.2, -0.15) is 0 Å². The molecule has 1 aromatic rings. The van der Waals surface area contributed by atoms with Crippen LogP contribution in [0.4, 0.5) is 4.79 Å². The van der Waals surface area contributed by atoms with Gasteiger partial charge in [-0.3, -0.25) is 10.1 Å². The number of nitrogens with zero attached hydrogens (tertiary/aromatic N) is 1. The van der Waals surface area contributed by atoms with E-state index in [9.17, 15) is 22.8 Å². The summed E-state index contributed by atoms with van der Waals surface area (Å²) in [5.41, 5.74) is -0.217. The summed E-state index contributed by atoms with van der Waals surface area (Å²) in [5, 5.41) is 4.45. The maximum absolute atomic E-state index is 12.3. The van der Waals surface area contributed by atoms with Crippen molar-refractivity contribution in [2.45, 2.75) is 37.8 Å². The van der Waals surface area contributed by atoms with Gasteiger partial charge >= 0.3 is 12.0 Å². The maximum atomic E-state index is 12.3. The van der Waals surface area contributed by atoms with Gasteiger partial charge in [-0.1, -0.05) is 11.6 Å². The van der Waals surface area contributed by atoms with E-state index in [1.54, 1.807) is 13.8 Å². The largest absolute Gasteiger partial charge is 0.449 e. The minimum Gasteiger partial charge on any atom is -0.449 e. The number of carbonyl (C=O) groups excluding carboxylic acids is 3. The maximum Gasteiger partial charge on any atom is 0.340 e. The van der Waals surface area contributed by atoms with Gasteiger partial charge in [0.25, 0.3) is 5.91 Å². The first-order chi connectivity index (χ1) is 12.4. The molecule has 1 atom stereocenters. The zero-order valence-corrected chi connectivity index (χ0v) is 17.1. The number of carbonyl (C=O) groups is 3. The molecule has 150 valence electrons. The Labute approximate surface area is 163 Å². The Balaban J connectivity index is 2.94. The van der Waals surface area contributed by atoms with Gasteiger partial charge in [-0.15, -0.1) is 0 Å². The lowest BCUT2D eigenvalue weighted by atomic mass is 10.2. The summed E-state index contributed by atoms with van der Waals surface area (Å²) in [6.45, 7) is 4.69. The molecule has 27 heavy (non-hydrogen) atoms. The van der Waals surface area contributed by atoms with Gasteiger partial charge in [0.15, 0.2) is 6.10 Å². The average molecular weight is 420 g/mol. The number of ether oxygens (including phenoxy) is 1. The zero-order valence-electron chi connectivity index (χ0n) is 15.6. The van der Waals surface area contributed by atoms with Crippen molar-refractivity contribution in [2.24, 2.45) is 0 Å². The molecule has 0 aliphatic carbocycles. The van der Waals surface area contributed by atoms with E-state index in [0.717, 1.165) is 10.4 Å². The van der Waals surface area contributed by atoms with Crippen molar-refractivity contribution in [3.05, 3.63) is 28.8 Å². The van der Waals surface area contributed by atoms with E-state index in [4.69, 9.17) is 16.3 Å². The van der Waals surface area contributed by atoms with E-state index >= 15 is 0 Å². The lowest BCUT2D eigenvalue weighted by Crippen LogP contribution is -2.46. The number of sulfonamides is 1. The highest BCUT2D eigenvalue weighted by atomic mass is 35.5. The van der Waals surface area contributed by atoms with Gasteiger partial charge in [0.05, 0.1) is 15.5 Å². The van der Waals surface area contributed by atoms with Crippen molar-refractivity contribution < 1.29 is 27.5 Å². The van der Waals surface area contributed by atoms with E-state index in [-0.39, 0.29) is 21.5 Å². The number of urea groups is 1. The smallest absolute Gasteiger partial charge is 0.340 e. The van der Waals surface area contributed by atoms with E-state index in [0.29, 0.717) is 0 Å². The summed E-state index contributed by atoms with van der Waals surface area (Å²) >= 11 is 5.95. The van der Waals surface area contributed by atoms with Gasteiger partial charge in [0.2, 0.25) is 10.0 Å². The number of nitrogens with one attached hydrogen (secondary N) is 2. The number of halogens is 1. The third-order valence-corrected chi connectivity index (χ3v) is 5.39. The molecule has 0 spiro atoms. The quantitative estimate of drug-likeness (QED) is 0.671. The van der Waals surface area contributed by atoms with Crippen molar-refractivity contribution in [2.75, 3.05) is 14.1 Å². The molecule has 1 aromatic carbocycles. The van der Waals surface area contributed by atoms with Crippen LogP contribution in [0, 0.1) is 0 Å². The molecule has 11 heteroatoms. The number of benzene rings is 1. The van der Waals surface area contributed by atoms with Gasteiger partial charge < -0.3 is 10.1 Å². The second-order valence-corrected chi connectivity index (χ2v) is 8.65. The third-order valence-electron chi connectivity index (χ3n) is 3.25. The Morgan fingerprint density at radius 2 is 1.74 bits per heavy atom. The number of rotatable bonds is 6. The minimum atomic E-state index is -3.79. The van der Waals surface area contributed by atoms with Crippen LogP contribution < -0.4 is 10.6 Å². The molecule has 0 saturated carbocycles. The van der Waals surface area contributed by atoms with Gasteiger partial charge in [0, 0.05) is 20.1 Å². The van der Waals surface area contributed by atoms with E-state index in [2.05, 4.69) is 5.32 Å². The predicted molar refractivity (Wildman–Crippen MR) is 99.0 cm³/mol. The Bertz CT molecular complexity index is 839. The van der Waals surface area contributed by atoms with Gasteiger partial charge in [-0.25, -0.2) is 22.3 Å². The molecule has 0 bridgehead atoms. The summed E-state index contributed by atoms with van der Waals surface area (Å²) in [4.78, 5) is 35.6. The first kappa shape index (κ1) is 22.9. The SMILES string of the molecule is CC(C)NC(=O)NC(=O)C(C)OC(=O)c1cc(S(=O)(=O)N(C)C)ccc1Cl. The molecule has 0 fully saturated rings. The Hall–Kier alpha value is -2.17. The van der Waals surface area contributed by atoms with Gasteiger partial charge in [0.1, 0.15) is 0 Å². The van der Waals surface area contributed by atoms with Crippen LogP contribution in [0.1, 0.15) is 31.1 Å². The number of esters is 1. The summed E-state index contributed by atoms with van der Waals surface area (Å²) < 4.78 is 30.3. The molecule has 0 saturated heterocycles. The van der Waals surface area contributed by atoms with E-state index in [1.807, 2.05) is 5.32 Å². The average Bonchev–Trinajstić information content (AvgIpc) is 2.53. The van der Waals surface area contributed by atoms with Crippen LogP contribution in [0.5, 0.6) is 0 Å².